The molecule has 1 aromatic rings. The molecule has 2 N–H and O–H groups in total. The number of rotatable bonds is 2. The summed E-state index contributed by atoms with van der Waals surface area (Å²) in [6, 6.07) is 4.18. The fourth-order valence-electron chi connectivity index (χ4n) is 1.78. The van der Waals surface area contributed by atoms with E-state index in [1.54, 1.807) is 0 Å². The van der Waals surface area contributed by atoms with Gasteiger partial charge in [0.25, 0.3) is 0 Å². The molecule has 12 heavy (non-hydrogen) atoms. The van der Waals surface area contributed by atoms with Crippen LogP contribution >= 0.6 is 0 Å². The summed E-state index contributed by atoms with van der Waals surface area (Å²) in [5.41, 5.74) is 8.15. The summed E-state index contributed by atoms with van der Waals surface area (Å²) in [6.07, 6.45) is 3.10. The minimum atomic E-state index is 0.698. The number of hydrogen-bond acceptors (Lipinski definition) is 2. The highest BCUT2D eigenvalue weighted by Gasteiger charge is 2.37. The predicted octanol–water partition coefficient (Wildman–Crippen LogP) is 1.45. The average Bonchev–Trinajstić information content (AvgIpc) is 2.84. The van der Waals surface area contributed by atoms with Gasteiger partial charge in [-0.05, 0) is 43.4 Å². The van der Waals surface area contributed by atoms with Crippen LogP contribution in [-0.4, -0.2) is 11.5 Å². The first kappa shape index (κ1) is 7.74. The van der Waals surface area contributed by atoms with E-state index in [9.17, 15) is 0 Å². The molecular formula is C10H14N2. The Balaban J connectivity index is 2.19. The molecule has 0 bridgehead atoms. The van der Waals surface area contributed by atoms with Crippen LogP contribution in [0.3, 0.4) is 0 Å². The van der Waals surface area contributed by atoms with Crippen LogP contribution in [0.1, 0.15) is 23.6 Å². The zero-order valence-electron chi connectivity index (χ0n) is 7.33. The van der Waals surface area contributed by atoms with Gasteiger partial charge >= 0.3 is 0 Å². The van der Waals surface area contributed by atoms with Crippen LogP contribution in [0.25, 0.3) is 0 Å². The third-order valence-corrected chi connectivity index (χ3v) is 2.67. The van der Waals surface area contributed by atoms with Gasteiger partial charge in [0, 0.05) is 11.9 Å². The maximum atomic E-state index is 5.59. The monoisotopic (exact) mass is 162 g/mol. The van der Waals surface area contributed by atoms with Gasteiger partial charge in [0.15, 0.2) is 0 Å². The van der Waals surface area contributed by atoms with Crippen molar-refractivity contribution in [2.24, 2.45) is 11.7 Å². The van der Waals surface area contributed by atoms with Gasteiger partial charge < -0.3 is 5.73 Å². The molecule has 1 aliphatic carbocycles. The summed E-state index contributed by atoms with van der Waals surface area (Å²) in [7, 11) is 0. The summed E-state index contributed by atoms with van der Waals surface area (Å²) < 4.78 is 0. The number of nitrogens with zero attached hydrogens (tertiary/aromatic N) is 1. The molecule has 2 atom stereocenters. The van der Waals surface area contributed by atoms with E-state index in [1.165, 1.54) is 17.7 Å². The van der Waals surface area contributed by atoms with Gasteiger partial charge in [-0.3, -0.25) is 4.98 Å². The van der Waals surface area contributed by atoms with Crippen molar-refractivity contribution >= 4 is 0 Å². The zero-order chi connectivity index (χ0) is 8.55. The van der Waals surface area contributed by atoms with Crippen molar-refractivity contribution in [3.63, 3.8) is 0 Å². The van der Waals surface area contributed by atoms with E-state index in [2.05, 4.69) is 18.0 Å². The molecule has 0 saturated heterocycles. The lowest BCUT2D eigenvalue weighted by Gasteiger charge is -2.01. The molecule has 0 amide bonds. The molecule has 1 saturated carbocycles. The first-order valence-corrected chi connectivity index (χ1v) is 4.44. The highest BCUT2D eigenvalue weighted by molar-refractivity contribution is 5.28. The third-order valence-electron chi connectivity index (χ3n) is 2.67. The molecule has 2 heteroatoms. The average molecular weight is 162 g/mol. The Morgan fingerprint density at radius 2 is 2.50 bits per heavy atom. The van der Waals surface area contributed by atoms with Gasteiger partial charge in [-0.2, -0.15) is 0 Å². The molecule has 0 radical (unpaired) electrons. The van der Waals surface area contributed by atoms with Gasteiger partial charge in [0.1, 0.15) is 0 Å². The molecule has 2 nitrogen and oxygen atoms in total. The lowest BCUT2D eigenvalue weighted by Crippen LogP contribution is -2.02. The minimum absolute atomic E-state index is 0.698. The number of pyridine rings is 1. The van der Waals surface area contributed by atoms with E-state index >= 15 is 0 Å². The van der Waals surface area contributed by atoms with Crippen molar-refractivity contribution in [3.05, 3.63) is 29.6 Å². The van der Waals surface area contributed by atoms with E-state index in [1.807, 2.05) is 12.3 Å². The van der Waals surface area contributed by atoms with Crippen molar-refractivity contribution in [2.45, 2.75) is 19.3 Å². The van der Waals surface area contributed by atoms with Crippen molar-refractivity contribution in [1.29, 1.82) is 0 Å². The Bertz CT molecular complexity index is 283. The van der Waals surface area contributed by atoms with Crippen molar-refractivity contribution in [1.82, 2.24) is 4.98 Å². The van der Waals surface area contributed by atoms with Gasteiger partial charge in [0.05, 0.1) is 0 Å². The van der Waals surface area contributed by atoms with E-state index in [-0.39, 0.29) is 0 Å². The second-order valence-corrected chi connectivity index (χ2v) is 3.52. The maximum Gasteiger partial charge on any atom is 0.0407 e. The fraction of sp³-hybridized carbons (Fsp3) is 0.500. The Kier molecular flexibility index (Phi) is 1.85. The lowest BCUT2D eigenvalue weighted by molar-refractivity contribution is 0.804. The standard InChI is InChI=1S/C10H14N2/c1-7-9(3-2-4-12-7)10-5-8(10)6-11/h2-4,8,10H,5-6,11H2,1H3/t8-,10+/m0/s1. The van der Waals surface area contributed by atoms with E-state index < -0.39 is 0 Å². The van der Waals surface area contributed by atoms with Crippen LogP contribution in [-0.2, 0) is 0 Å². The summed E-state index contributed by atoms with van der Waals surface area (Å²) in [5, 5.41) is 0. The quantitative estimate of drug-likeness (QED) is 0.715. The van der Waals surface area contributed by atoms with Crippen LogP contribution in [0, 0.1) is 12.8 Å². The van der Waals surface area contributed by atoms with Crippen molar-refractivity contribution in [3.8, 4) is 0 Å². The topological polar surface area (TPSA) is 38.9 Å². The van der Waals surface area contributed by atoms with Gasteiger partial charge in [-0.15, -0.1) is 0 Å². The predicted molar refractivity (Wildman–Crippen MR) is 48.9 cm³/mol. The highest BCUT2D eigenvalue weighted by Crippen LogP contribution is 2.47. The molecular weight excluding hydrogens is 148 g/mol. The van der Waals surface area contributed by atoms with Crippen LogP contribution in [0.15, 0.2) is 18.3 Å². The molecule has 0 spiro atoms. The van der Waals surface area contributed by atoms with Gasteiger partial charge in [0.2, 0.25) is 0 Å². The summed E-state index contributed by atoms with van der Waals surface area (Å²) in [5.74, 6) is 1.41. The van der Waals surface area contributed by atoms with Gasteiger partial charge in [-0.25, -0.2) is 0 Å². The number of nitrogens with two attached hydrogens (primary N) is 1. The molecule has 2 rings (SSSR count). The molecule has 1 aromatic heterocycles. The molecule has 0 aromatic carbocycles. The van der Waals surface area contributed by atoms with Crippen LogP contribution in [0.2, 0.25) is 0 Å². The molecule has 1 heterocycles. The SMILES string of the molecule is Cc1ncccc1[C@@H]1C[C@H]1CN. The molecule has 0 unspecified atom stereocenters. The first-order chi connectivity index (χ1) is 5.83. The Hall–Kier alpha value is -0.890. The number of hydrogen-bond donors (Lipinski definition) is 1. The Labute approximate surface area is 72.8 Å². The molecule has 1 fully saturated rings. The summed E-state index contributed by atoms with van der Waals surface area (Å²) in [4.78, 5) is 4.27. The second kappa shape index (κ2) is 2.87. The molecule has 1 aliphatic rings. The van der Waals surface area contributed by atoms with Crippen molar-refractivity contribution < 1.29 is 0 Å². The van der Waals surface area contributed by atoms with E-state index in [0.717, 1.165) is 6.54 Å². The van der Waals surface area contributed by atoms with Crippen LogP contribution < -0.4 is 5.73 Å². The third kappa shape index (κ3) is 1.23. The first-order valence-electron chi connectivity index (χ1n) is 4.44. The fourth-order valence-corrected chi connectivity index (χ4v) is 1.78. The lowest BCUT2D eigenvalue weighted by atomic mass is 10.1. The minimum Gasteiger partial charge on any atom is -0.330 e. The van der Waals surface area contributed by atoms with E-state index in [4.69, 9.17) is 5.73 Å². The van der Waals surface area contributed by atoms with E-state index in [0.29, 0.717) is 11.8 Å². The molecule has 64 valence electrons. The normalized spacial score (nSPS) is 27.2. The highest BCUT2D eigenvalue weighted by atomic mass is 14.7. The largest absolute Gasteiger partial charge is 0.330 e. The summed E-state index contributed by atoms with van der Waals surface area (Å²) >= 11 is 0. The number of aryl methyl sites for hydroxylation is 1. The molecule has 0 aliphatic heterocycles. The Morgan fingerprint density at radius 3 is 3.08 bits per heavy atom. The zero-order valence-corrected chi connectivity index (χ0v) is 7.33. The Morgan fingerprint density at radius 1 is 1.67 bits per heavy atom. The maximum absolute atomic E-state index is 5.59. The van der Waals surface area contributed by atoms with Gasteiger partial charge in [-0.1, -0.05) is 6.07 Å². The number of aromatic nitrogens is 1. The van der Waals surface area contributed by atoms with Crippen LogP contribution in [0.5, 0.6) is 0 Å². The summed E-state index contributed by atoms with van der Waals surface area (Å²) in [6.45, 7) is 2.89. The smallest absolute Gasteiger partial charge is 0.0407 e. The second-order valence-electron chi connectivity index (χ2n) is 3.52. The van der Waals surface area contributed by atoms with Crippen molar-refractivity contribution in [2.75, 3.05) is 6.54 Å². The van der Waals surface area contributed by atoms with Crippen LogP contribution in [0.4, 0.5) is 0 Å².